The van der Waals surface area contributed by atoms with Crippen LogP contribution in [0.25, 0.3) is 17.3 Å². The van der Waals surface area contributed by atoms with Gasteiger partial charge in [0.1, 0.15) is 0 Å². The predicted molar refractivity (Wildman–Crippen MR) is 111 cm³/mol. The summed E-state index contributed by atoms with van der Waals surface area (Å²) in [5.74, 6) is 2.04. The third kappa shape index (κ3) is 4.52. The quantitative estimate of drug-likeness (QED) is 0.507. The van der Waals surface area contributed by atoms with Gasteiger partial charge in [-0.3, -0.25) is 0 Å². The van der Waals surface area contributed by atoms with Crippen molar-refractivity contribution in [3.63, 3.8) is 0 Å². The highest BCUT2D eigenvalue weighted by molar-refractivity contribution is 5.89. The Morgan fingerprint density at radius 3 is 2.63 bits per heavy atom. The van der Waals surface area contributed by atoms with Crippen molar-refractivity contribution in [2.45, 2.75) is 26.3 Å². The van der Waals surface area contributed by atoms with Gasteiger partial charge in [-0.2, -0.15) is 10.1 Å². The molecule has 3 aromatic heterocycles. The van der Waals surface area contributed by atoms with E-state index in [1.54, 1.807) is 29.2 Å². The number of nitrogens with zero attached hydrogens (tertiary/aromatic N) is 5. The third-order valence-corrected chi connectivity index (χ3v) is 4.35. The Balaban J connectivity index is 1.30. The molecule has 1 aromatic carbocycles. The van der Waals surface area contributed by atoms with Gasteiger partial charge in [-0.1, -0.05) is 25.1 Å². The molecule has 4 aromatic rings. The van der Waals surface area contributed by atoms with Crippen molar-refractivity contribution in [3.8, 4) is 17.3 Å². The van der Waals surface area contributed by atoms with E-state index in [4.69, 9.17) is 4.52 Å². The molecule has 30 heavy (non-hydrogen) atoms. The number of amides is 2. The van der Waals surface area contributed by atoms with Crippen LogP contribution < -0.4 is 10.6 Å². The first-order valence-corrected chi connectivity index (χ1v) is 9.52. The standard InChI is InChI=1S/C21H21N7O2/c1-14(2)19-26-20(30-27-19)16-5-7-17(8-6-16)25-21(29)23-13-15-4-9-18(22-12-15)28-11-3-10-24-28/h3-12,14H,13H2,1-2H3,(H2,23,25,29). The first-order valence-electron chi connectivity index (χ1n) is 9.52. The molecule has 2 N–H and O–H groups in total. The summed E-state index contributed by atoms with van der Waals surface area (Å²) in [6, 6.07) is 12.5. The second-order valence-electron chi connectivity index (χ2n) is 6.97. The van der Waals surface area contributed by atoms with Gasteiger partial charge < -0.3 is 15.2 Å². The summed E-state index contributed by atoms with van der Waals surface area (Å²) in [4.78, 5) is 20.9. The lowest BCUT2D eigenvalue weighted by Gasteiger charge is -2.08. The smallest absolute Gasteiger partial charge is 0.319 e. The van der Waals surface area contributed by atoms with E-state index >= 15 is 0 Å². The van der Waals surface area contributed by atoms with Gasteiger partial charge in [0, 0.05) is 42.3 Å². The van der Waals surface area contributed by atoms with Crippen LogP contribution in [0, 0.1) is 0 Å². The van der Waals surface area contributed by atoms with Crippen LogP contribution in [-0.4, -0.2) is 30.9 Å². The Morgan fingerprint density at radius 2 is 2.00 bits per heavy atom. The molecular weight excluding hydrogens is 382 g/mol. The first kappa shape index (κ1) is 19.3. The van der Waals surface area contributed by atoms with Crippen molar-refractivity contribution < 1.29 is 9.32 Å². The van der Waals surface area contributed by atoms with E-state index in [0.717, 1.165) is 16.9 Å². The molecule has 3 heterocycles. The van der Waals surface area contributed by atoms with Gasteiger partial charge in [-0.15, -0.1) is 0 Å². The Bertz CT molecular complexity index is 1100. The molecule has 0 atom stereocenters. The number of carbonyl (C=O) groups excluding carboxylic acids is 1. The second-order valence-corrected chi connectivity index (χ2v) is 6.97. The van der Waals surface area contributed by atoms with Crippen molar-refractivity contribution >= 4 is 11.7 Å². The molecule has 0 unspecified atom stereocenters. The molecule has 9 nitrogen and oxygen atoms in total. The molecule has 0 saturated carbocycles. The Kier molecular flexibility index (Phi) is 5.51. The topological polar surface area (TPSA) is 111 Å². The lowest BCUT2D eigenvalue weighted by Crippen LogP contribution is -2.28. The van der Waals surface area contributed by atoms with Crippen LogP contribution in [0.3, 0.4) is 0 Å². The van der Waals surface area contributed by atoms with Gasteiger partial charge in [0.05, 0.1) is 0 Å². The molecule has 0 fully saturated rings. The van der Waals surface area contributed by atoms with E-state index in [1.807, 2.05) is 50.4 Å². The SMILES string of the molecule is CC(C)c1noc(-c2ccc(NC(=O)NCc3ccc(-n4cccn4)nc3)cc2)n1. The van der Waals surface area contributed by atoms with Crippen LogP contribution in [0.5, 0.6) is 0 Å². The van der Waals surface area contributed by atoms with E-state index in [0.29, 0.717) is 23.9 Å². The van der Waals surface area contributed by atoms with E-state index in [-0.39, 0.29) is 11.9 Å². The monoisotopic (exact) mass is 403 g/mol. The first-order chi connectivity index (χ1) is 14.6. The summed E-state index contributed by atoms with van der Waals surface area (Å²) in [5, 5.41) is 13.7. The summed E-state index contributed by atoms with van der Waals surface area (Å²) in [6.45, 7) is 4.37. The minimum absolute atomic E-state index is 0.198. The third-order valence-electron chi connectivity index (χ3n) is 4.35. The summed E-state index contributed by atoms with van der Waals surface area (Å²) in [7, 11) is 0. The van der Waals surface area contributed by atoms with Crippen molar-refractivity contribution in [1.29, 1.82) is 0 Å². The van der Waals surface area contributed by atoms with E-state index in [1.165, 1.54) is 0 Å². The number of hydrogen-bond donors (Lipinski definition) is 2. The molecule has 0 spiro atoms. The Morgan fingerprint density at radius 1 is 1.17 bits per heavy atom. The molecule has 9 heteroatoms. The molecule has 0 aliphatic rings. The average Bonchev–Trinajstić information content (AvgIpc) is 3.46. The van der Waals surface area contributed by atoms with Crippen molar-refractivity contribution in [2.24, 2.45) is 0 Å². The van der Waals surface area contributed by atoms with Crippen LogP contribution in [0.4, 0.5) is 10.5 Å². The highest BCUT2D eigenvalue weighted by atomic mass is 16.5. The maximum Gasteiger partial charge on any atom is 0.319 e. The fraction of sp³-hybridized carbons (Fsp3) is 0.190. The van der Waals surface area contributed by atoms with Crippen LogP contribution in [0.1, 0.15) is 31.2 Å². The number of aromatic nitrogens is 5. The van der Waals surface area contributed by atoms with Gasteiger partial charge in [0.25, 0.3) is 5.89 Å². The summed E-state index contributed by atoms with van der Waals surface area (Å²) < 4.78 is 6.95. The molecule has 152 valence electrons. The Hall–Kier alpha value is -4.01. The van der Waals surface area contributed by atoms with Crippen molar-refractivity contribution in [3.05, 3.63) is 72.4 Å². The maximum absolute atomic E-state index is 12.2. The average molecular weight is 403 g/mol. The molecule has 0 saturated heterocycles. The zero-order valence-electron chi connectivity index (χ0n) is 16.6. The van der Waals surface area contributed by atoms with Gasteiger partial charge in [0.15, 0.2) is 11.6 Å². The predicted octanol–water partition coefficient (Wildman–Crippen LogP) is 3.76. The fourth-order valence-corrected chi connectivity index (χ4v) is 2.70. The molecule has 4 rings (SSSR count). The Labute approximate surface area is 173 Å². The van der Waals surface area contributed by atoms with Crippen LogP contribution >= 0.6 is 0 Å². The van der Waals surface area contributed by atoms with Gasteiger partial charge in [-0.05, 0) is 42.0 Å². The number of urea groups is 1. The molecule has 0 aliphatic carbocycles. The minimum Gasteiger partial charge on any atom is -0.334 e. The number of benzene rings is 1. The van der Waals surface area contributed by atoms with E-state index in [9.17, 15) is 4.79 Å². The molecule has 2 amide bonds. The number of pyridine rings is 1. The molecule has 0 aliphatic heterocycles. The van der Waals surface area contributed by atoms with E-state index < -0.39 is 0 Å². The number of anilines is 1. The lowest BCUT2D eigenvalue weighted by atomic mass is 10.2. The van der Waals surface area contributed by atoms with Crippen molar-refractivity contribution in [2.75, 3.05) is 5.32 Å². The maximum atomic E-state index is 12.2. The largest absolute Gasteiger partial charge is 0.334 e. The fourth-order valence-electron chi connectivity index (χ4n) is 2.70. The second kappa shape index (κ2) is 8.56. The normalized spacial score (nSPS) is 10.9. The van der Waals surface area contributed by atoms with E-state index in [2.05, 4.69) is 30.9 Å². The number of nitrogens with one attached hydrogen (secondary N) is 2. The molecule has 0 radical (unpaired) electrons. The van der Waals surface area contributed by atoms with Crippen LogP contribution in [0.2, 0.25) is 0 Å². The molecule has 0 bridgehead atoms. The number of carbonyl (C=O) groups is 1. The number of hydrogen-bond acceptors (Lipinski definition) is 6. The van der Waals surface area contributed by atoms with Crippen LogP contribution in [-0.2, 0) is 6.54 Å². The number of rotatable bonds is 6. The highest BCUT2D eigenvalue weighted by Crippen LogP contribution is 2.21. The van der Waals surface area contributed by atoms with Gasteiger partial charge >= 0.3 is 6.03 Å². The summed E-state index contributed by atoms with van der Waals surface area (Å²) in [5.41, 5.74) is 2.34. The lowest BCUT2D eigenvalue weighted by molar-refractivity contribution is 0.251. The highest BCUT2D eigenvalue weighted by Gasteiger charge is 2.11. The van der Waals surface area contributed by atoms with Crippen molar-refractivity contribution in [1.82, 2.24) is 30.2 Å². The molecular formula is C21H21N7O2. The van der Waals surface area contributed by atoms with Crippen LogP contribution in [0.15, 0.2) is 65.6 Å². The van der Waals surface area contributed by atoms with Gasteiger partial charge in [-0.25, -0.2) is 14.5 Å². The zero-order valence-corrected chi connectivity index (χ0v) is 16.6. The minimum atomic E-state index is -0.307. The summed E-state index contributed by atoms with van der Waals surface area (Å²) in [6.07, 6.45) is 5.22. The zero-order chi connectivity index (χ0) is 20.9. The summed E-state index contributed by atoms with van der Waals surface area (Å²) >= 11 is 0. The van der Waals surface area contributed by atoms with Gasteiger partial charge in [0.2, 0.25) is 0 Å².